The van der Waals surface area contributed by atoms with Crippen molar-refractivity contribution in [2.45, 2.75) is 26.4 Å². The van der Waals surface area contributed by atoms with Crippen LogP contribution in [-0.4, -0.2) is 36.2 Å². The van der Waals surface area contributed by atoms with Gasteiger partial charge in [-0.15, -0.1) is 11.8 Å². The van der Waals surface area contributed by atoms with Crippen molar-refractivity contribution in [2.24, 2.45) is 0 Å². The van der Waals surface area contributed by atoms with E-state index in [-0.39, 0.29) is 11.7 Å². The molecular formula is C11H18O4S. The molecule has 0 heterocycles. The molecule has 0 aromatic rings. The fourth-order valence-electron chi connectivity index (χ4n) is 0.726. The van der Waals surface area contributed by atoms with Crippen LogP contribution in [0.15, 0.2) is 12.2 Å². The SMILES string of the molecule is C=C(CSCC(=O)OC)C(=O)OC(C)(C)C. The highest BCUT2D eigenvalue weighted by Gasteiger charge is 2.18. The lowest BCUT2D eigenvalue weighted by molar-refractivity contribution is -0.149. The number of hydrogen-bond acceptors (Lipinski definition) is 5. The summed E-state index contributed by atoms with van der Waals surface area (Å²) in [6.07, 6.45) is 0. The van der Waals surface area contributed by atoms with Crippen LogP contribution in [0.4, 0.5) is 0 Å². The molecule has 0 aliphatic carbocycles. The highest BCUT2D eigenvalue weighted by atomic mass is 32.2. The molecule has 0 rings (SSSR count). The predicted octanol–water partition coefficient (Wildman–Crippen LogP) is 1.79. The zero-order valence-corrected chi connectivity index (χ0v) is 11.0. The van der Waals surface area contributed by atoms with Crippen molar-refractivity contribution in [3.05, 3.63) is 12.2 Å². The van der Waals surface area contributed by atoms with Gasteiger partial charge in [-0.1, -0.05) is 6.58 Å². The van der Waals surface area contributed by atoms with Gasteiger partial charge in [0.2, 0.25) is 0 Å². The Kier molecular flexibility index (Phi) is 6.18. The summed E-state index contributed by atoms with van der Waals surface area (Å²) in [5.41, 5.74) is -0.170. The van der Waals surface area contributed by atoms with Gasteiger partial charge in [0.25, 0.3) is 0 Å². The maximum atomic E-state index is 11.5. The van der Waals surface area contributed by atoms with E-state index in [2.05, 4.69) is 11.3 Å². The van der Waals surface area contributed by atoms with Gasteiger partial charge in [0.1, 0.15) is 5.60 Å². The molecule has 0 spiro atoms. The van der Waals surface area contributed by atoms with Gasteiger partial charge in [-0.3, -0.25) is 4.79 Å². The number of rotatable bonds is 5. The Morgan fingerprint density at radius 1 is 1.25 bits per heavy atom. The largest absolute Gasteiger partial charge is 0.468 e. The van der Waals surface area contributed by atoms with E-state index in [4.69, 9.17) is 4.74 Å². The number of hydrogen-bond donors (Lipinski definition) is 0. The highest BCUT2D eigenvalue weighted by molar-refractivity contribution is 8.00. The molecule has 0 unspecified atom stereocenters. The van der Waals surface area contributed by atoms with E-state index in [1.807, 2.05) is 0 Å². The quantitative estimate of drug-likeness (QED) is 0.547. The molecule has 0 saturated carbocycles. The molecule has 0 aliphatic rings. The average molecular weight is 246 g/mol. The molecule has 0 N–H and O–H groups in total. The molecule has 0 aliphatic heterocycles. The van der Waals surface area contributed by atoms with E-state index >= 15 is 0 Å². The predicted molar refractivity (Wildman–Crippen MR) is 64.3 cm³/mol. The van der Waals surface area contributed by atoms with Gasteiger partial charge in [0, 0.05) is 11.3 Å². The van der Waals surface area contributed by atoms with Crippen LogP contribution in [0.5, 0.6) is 0 Å². The van der Waals surface area contributed by atoms with E-state index in [1.54, 1.807) is 20.8 Å². The maximum absolute atomic E-state index is 11.5. The Bertz CT molecular complexity index is 278. The van der Waals surface area contributed by atoms with E-state index in [0.29, 0.717) is 11.3 Å². The molecule has 0 atom stereocenters. The summed E-state index contributed by atoms with van der Waals surface area (Å²) in [6.45, 7) is 8.99. The van der Waals surface area contributed by atoms with Crippen LogP contribution in [0.2, 0.25) is 0 Å². The molecule has 0 fully saturated rings. The molecule has 0 amide bonds. The summed E-state index contributed by atoms with van der Waals surface area (Å²) in [5.74, 6) is -0.172. The minimum Gasteiger partial charge on any atom is -0.468 e. The molecular weight excluding hydrogens is 228 g/mol. The van der Waals surface area contributed by atoms with E-state index in [9.17, 15) is 9.59 Å². The van der Waals surface area contributed by atoms with Crippen molar-refractivity contribution in [1.29, 1.82) is 0 Å². The number of carbonyl (C=O) groups excluding carboxylic acids is 2. The zero-order valence-electron chi connectivity index (χ0n) is 10.2. The van der Waals surface area contributed by atoms with E-state index in [1.165, 1.54) is 18.9 Å². The first-order valence-electron chi connectivity index (χ1n) is 4.82. The molecule has 92 valence electrons. The summed E-state index contributed by atoms with van der Waals surface area (Å²) >= 11 is 1.27. The van der Waals surface area contributed by atoms with Crippen molar-refractivity contribution < 1.29 is 19.1 Å². The Labute approximate surface area is 100 Å². The normalized spacial score (nSPS) is 10.8. The molecule has 16 heavy (non-hydrogen) atoms. The molecule has 0 bridgehead atoms. The summed E-state index contributed by atoms with van der Waals surface area (Å²) in [5, 5.41) is 0. The summed E-state index contributed by atoms with van der Waals surface area (Å²) < 4.78 is 9.58. The number of esters is 2. The first-order chi connectivity index (χ1) is 7.26. The van der Waals surface area contributed by atoms with Crippen molar-refractivity contribution in [3.63, 3.8) is 0 Å². The number of thioether (sulfide) groups is 1. The van der Waals surface area contributed by atoms with Crippen LogP contribution in [-0.2, 0) is 19.1 Å². The van der Waals surface area contributed by atoms with Crippen molar-refractivity contribution in [3.8, 4) is 0 Å². The lowest BCUT2D eigenvalue weighted by atomic mass is 10.2. The van der Waals surface area contributed by atoms with Crippen LogP contribution in [0, 0.1) is 0 Å². The monoisotopic (exact) mass is 246 g/mol. The zero-order chi connectivity index (χ0) is 12.8. The van der Waals surface area contributed by atoms with E-state index < -0.39 is 11.6 Å². The molecule has 0 saturated heterocycles. The van der Waals surface area contributed by atoms with Crippen molar-refractivity contribution in [1.82, 2.24) is 0 Å². The third kappa shape index (κ3) is 7.34. The van der Waals surface area contributed by atoms with Crippen LogP contribution in [0.25, 0.3) is 0 Å². The van der Waals surface area contributed by atoms with Crippen molar-refractivity contribution in [2.75, 3.05) is 18.6 Å². The second kappa shape index (κ2) is 6.58. The minimum atomic E-state index is -0.521. The lowest BCUT2D eigenvalue weighted by Crippen LogP contribution is -2.25. The third-order valence-electron chi connectivity index (χ3n) is 1.41. The number of ether oxygens (including phenoxy) is 2. The molecule has 5 heteroatoms. The smallest absolute Gasteiger partial charge is 0.334 e. The third-order valence-corrected chi connectivity index (χ3v) is 2.40. The summed E-state index contributed by atoms with van der Waals surface area (Å²) in [4.78, 5) is 22.3. The second-order valence-corrected chi connectivity index (χ2v) is 5.16. The maximum Gasteiger partial charge on any atom is 0.334 e. The number of methoxy groups -OCH3 is 1. The fourth-order valence-corrected chi connectivity index (χ4v) is 1.48. The van der Waals surface area contributed by atoms with Gasteiger partial charge in [0.05, 0.1) is 12.9 Å². The number of carbonyl (C=O) groups is 2. The van der Waals surface area contributed by atoms with E-state index in [0.717, 1.165) is 0 Å². The molecule has 0 aromatic heterocycles. The Morgan fingerprint density at radius 3 is 2.25 bits per heavy atom. The Morgan fingerprint density at radius 2 is 1.81 bits per heavy atom. The Hall–Kier alpha value is -0.970. The highest BCUT2D eigenvalue weighted by Crippen LogP contribution is 2.13. The van der Waals surface area contributed by atoms with Crippen molar-refractivity contribution >= 4 is 23.7 Å². The minimum absolute atomic E-state index is 0.207. The Balaban J connectivity index is 3.90. The van der Waals surface area contributed by atoms with Gasteiger partial charge in [-0.25, -0.2) is 4.79 Å². The first kappa shape index (κ1) is 15.0. The average Bonchev–Trinajstić information content (AvgIpc) is 2.14. The summed E-state index contributed by atoms with van der Waals surface area (Å²) in [7, 11) is 1.32. The molecule has 0 radical (unpaired) electrons. The second-order valence-electron chi connectivity index (χ2n) is 4.17. The first-order valence-corrected chi connectivity index (χ1v) is 5.97. The topological polar surface area (TPSA) is 52.6 Å². The van der Waals surface area contributed by atoms with Gasteiger partial charge >= 0.3 is 11.9 Å². The van der Waals surface area contributed by atoms with Crippen LogP contribution >= 0.6 is 11.8 Å². The van der Waals surface area contributed by atoms with Gasteiger partial charge in [-0.05, 0) is 20.8 Å². The standard InChI is InChI=1S/C11H18O4S/c1-8(6-16-7-9(12)14-5)10(13)15-11(2,3)4/h1,6-7H2,2-5H3. The van der Waals surface area contributed by atoms with Crippen LogP contribution in [0.3, 0.4) is 0 Å². The van der Waals surface area contributed by atoms with Gasteiger partial charge in [-0.2, -0.15) is 0 Å². The van der Waals surface area contributed by atoms with Gasteiger partial charge in [0.15, 0.2) is 0 Å². The molecule has 0 aromatic carbocycles. The molecule has 4 nitrogen and oxygen atoms in total. The van der Waals surface area contributed by atoms with Gasteiger partial charge < -0.3 is 9.47 Å². The summed E-state index contributed by atoms with van der Waals surface area (Å²) in [6, 6.07) is 0. The van der Waals surface area contributed by atoms with Crippen LogP contribution in [0.1, 0.15) is 20.8 Å². The lowest BCUT2D eigenvalue weighted by Gasteiger charge is -2.20. The fraction of sp³-hybridized carbons (Fsp3) is 0.636. The van der Waals surface area contributed by atoms with Crippen LogP contribution < -0.4 is 0 Å².